The predicted molar refractivity (Wildman–Crippen MR) is 50.4 cm³/mol. The van der Waals surface area contributed by atoms with Gasteiger partial charge >= 0.3 is 0 Å². The molecule has 14 heavy (non-hydrogen) atoms. The second kappa shape index (κ2) is 4.45. The van der Waals surface area contributed by atoms with Crippen LogP contribution in [0.15, 0.2) is 0 Å². The third-order valence-corrected chi connectivity index (χ3v) is 1.74. The summed E-state index contributed by atoms with van der Waals surface area (Å²) in [5.74, 6) is 0.696. The maximum absolute atomic E-state index is 13.3. The fourth-order valence-corrected chi connectivity index (χ4v) is 1.14. The molecule has 0 amide bonds. The Morgan fingerprint density at radius 1 is 1.50 bits per heavy atom. The molecule has 0 saturated carbocycles. The zero-order valence-corrected chi connectivity index (χ0v) is 8.57. The van der Waals surface area contributed by atoms with E-state index in [0.29, 0.717) is 18.8 Å². The lowest BCUT2D eigenvalue weighted by Gasteiger charge is -2.14. The van der Waals surface area contributed by atoms with E-state index in [1.807, 2.05) is 0 Å². The molecule has 0 spiro atoms. The molecule has 6 heteroatoms. The van der Waals surface area contributed by atoms with Crippen LogP contribution in [0.5, 0.6) is 0 Å². The quantitative estimate of drug-likeness (QED) is 0.744. The highest BCUT2D eigenvalue weighted by Crippen LogP contribution is 2.11. The first-order chi connectivity index (χ1) is 6.53. The zero-order chi connectivity index (χ0) is 10.6. The Bertz CT molecular complexity index is 278. The fraction of sp³-hybridized carbons (Fsp3) is 0.875. The molecule has 0 aromatic carbocycles. The first kappa shape index (κ1) is 11.0. The first-order valence-electron chi connectivity index (χ1n) is 4.67. The molecule has 0 fully saturated rings. The van der Waals surface area contributed by atoms with Crippen LogP contribution in [0.25, 0.3) is 0 Å². The number of tetrazole rings is 1. The molecule has 0 atom stereocenters. The number of halogens is 1. The third-order valence-electron chi connectivity index (χ3n) is 1.74. The Balaban J connectivity index is 2.63. The lowest BCUT2D eigenvalue weighted by molar-refractivity contribution is 0.176. The number of aromatic nitrogens is 4. The van der Waals surface area contributed by atoms with Gasteiger partial charge in [-0.2, -0.15) is 0 Å². The van der Waals surface area contributed by atoms with E-state index in [4.69, 9.17) is 5.73 Å². The summed E-state index contributed by atoms with van der Waals surface area (Å²) >= 11 is 0. The minimum absolute atomic E-state index is 0.180. The number of aryl methyl sites for hydroxylation is 1. The largest absolute Gasteiger partial charge is 0.330 e. The molecule has 5 nitrogen and oxygen atoms in total. The van der Waals surface area contributed by atoms with Gasteiger partial charge in [-0.25, -0.2) is 9.07 Å². The van der Waals surface area contributed by atoms with E-state index in [1.165, 1.54) is 18.5 Å². The van der Waals surface area contributed by atoms with Gasteiger partial charge in [0, 0.05) is 6.42 Å². The van der Waals surface area contributed by atoms with Crippen LogP contribution in [0, 0.1) is 0 Å². The number of nitrogens with zero attached hydrogens (tertiary/aromatic N) is 4. The van der Waals surface area contributed by atoms with Crippen molar-refractivity contribution in [1.82, 2.24) is 20.2 Å². The Morgan fingerprint density at radius 3 is 2.79 bits per heavy atom. The van der Waals surface area contributed by atoms with Gasteiger partial charge in [-0.05, 0) is 37.2 Å². The number of rotatable bonds is 5. The summed E-state index contributed by atoms with van der Waals surface area (Å²) in [4.78, 5) is 0. The summed E-state index contributed by atoms with van der Waals surface area (Å²) in [7, 11) is 0. The van der Waals surface area contributed by atoms with Crippen molar-refractivity contribution in [2.24, 2.45) is 5.73 Å². The minimum atomic E-state index is -1.30. The van der Waals surface area contributed by atoms with Crippen LogP contribution in [0.1, 0.15) is 26.1 Å². The van der Waals surface area contributed by atoms with E-state index in [-0.39, 0.29) is 6.54 Å². The molecule has 1 aromatic heterocycles. The van der Waals surface area contributed by atoms with Crippen molar-refractivity contribution >= 4 is 0 Å². The van der Waals surface area contributed by atoms with E-state index in [1.54, 1.807) is 0 Å². The predicted octanol–water partition coefficient (Wildman–Crippen LogP) is 0.313. The minimum Gasteiger partial charge on any atom is -0.330 e. The molecule has 0 radical (unpaired) electrons. The van der Waals surface area contributed by atoms with Crippen molar-refractivity contribution in [3.63, 3.8) is 0 Å². The molecule has 0 bridgehead atoms. The van der Waals surface area contributed by atoms with Crippen LogP contribution < -0.4 is 5.73 Å². The molecule has 0 saturated heterocycles. The van der Waals surface area contributed by atoms with Gasteiger partial charge in [0.15, 0.2) is 5.82 Å². The van der Waals surface area contributed by atoms with Crippen LogP contribution in [0.4, 0.5) is 4.39 Å². The second-order valence-corrected chi connectivity index (χ2v) is 3.86. The summed E-state index contributed by atoms with van der Waals surface area (Å²) in [5, 5.41) is 11.1. The molecule has 2 N–H and O–H groups in total. The van der Waals surface area contributed by atoms with E-state index in [0.717, 1.165) is 6.42 Å². The lowest BCUT2D eigenvalue weighted by Crippen LogP contribution is -2.23. The topological polar surface area (TPSA) is 69.6 Å². The number of alkyl halides is 1. The SMILES string of the molecule is CC(C)(F)Cn1nnnc1CCCN. The molecule has 0 unspecified atom stereocenters. The van der Waals surface area contributed by atoms with E-state index in [9.17, 15) is 4.39 Å². The zero-order valence-electron chi connectivity index (χ0n) is 8.57. The Hall–Kier alpha value is -1.04. The highest BCUT2D eigenvalue weighted by molar-refractivity contribution is 4.83. The van der Waals surface area contributed by atoms with Crippen LogP contribution in [-0.2, 0) is 13.0 Å². The van der Waals surface area contributed by atoms with Gasteiger partial charge in [0.2, 0.25) is 0 Å². The normalized spacial score (nSPS) is 12.0. The summed E-state index contributed by atoms with van der Waals surface area (Å²) in [6.45, 7) is 3.77. The number of hydrogen-bond acceptors (Lipinski definition) is 4. The maximum atomic E-state index is 13.3. The Labute approximate surface area is 82.5 Å². The van der Waals surface area contributed by atoms with Crippen molar-refractivity contribution in [2.75, 3.05) is 6.54 Å². The summed E-state index contributed by atoms with van der Waals surface area (Å²) in [6, 6.07) is 0. The van der Waals surface area contributed by atoms with Crippen LogP contribution in [0.2, 0.25) is 0 Å². The van der Waals surface area contributed by atoms with Gasteiger partial charge in [0.1, 0.15) is 5.67 Å². The highest BCUT2D eigenvalue weighted by Gasteiger charge is 2.19. The highest BCUT2D eigenvalue weighted by atomic mass is 19.1. The molecule has 80 valence electrons. The lowest BCUT2D eigenvalue weighted by atomic mass is 10.2. The summed E-state index contributed by atoms with van der Waals surface area (Å²) in [6.07, 6.45) is 1.51. The maximum Gasteiger partial charge on any atom is 0.151 e. The second-order valence-electron chi connectivity index (χ2n) is 3.86. The van der Waals surface area contributed by atoms with E-state index < -0.39 is 5.67 Å². The Kier molecular flexibility index (Phi) is 3.51. The van der Waals surface area contributed by atoms with Crippen molar-refractivity contribution in [3.8, 4) is 0 Å². The molecule has 0 aliphatic carbocycles. The monoisotopic (exact) mass is 201 g/mol. The molecule has 0 aliphatic rings. The van der Waals surface area contributed by atoms with Gasteiger partial charge < -0.3 is 5.73 Å². The van der Waals surface area contributed by atoms with E-state index in [2.05, 4.69) is 15.5 Å². The van der Waals surface area contributed by atoms with Crippen molar-refractivity contribution < 1.29 is 4.39 Å². The van der Waals surface area contributed by atoms with Crippen LogP contribution in [0.3, 0.4) is 0 Å². The van der Waals surface area contributed by atoms with Crippen molar-refractivity contribution in [2.45, 2.75) is 38.9 Å². The van der Waals surface area contributed by atoms with Gasteiger partial charge in [-0.15, -0.1) is 5.10 Å². The Morgan fingerprint density at radius 2 is 2.21 bits per heavy atom. The third kappa shape index (κ3) is 3.37. The van der Waals surface area contributed by atoms with Crippen LogP contribution >= 0.6 is 0 Å². The number of hydrogen-bond donors (Lipinski definition) is 1. The fourth-order valence-electron chi connectivity index (χ4n) is 1.14. The average Bonchev–Trinajstić information content (AvgIpc) is 2.45. The molecule has 1 heterocycles. The molecule has 1 rings (SSSR count). The summed E-state index contributed by atoms with van der Waals surface area (Å²) < 4.78 is 14.8. The number of nitrogens with two attached hydrogens (primary N) is 1. The van der Waals surface area contributed by atoms with Crippen molar-refractivity contribution in [3.05, 3.63) is 5.82 Å². The van der Waals surface area contributed by atoms with Crippen LogP contribution in [-0.4, -0.2) is 32.4 Å². The van der Waals surface area contributed by atoms with E-state index >= 15 is 0 Å². The van der Waals surface area contributed by atoms with Gasteiger partial charge in [0.05, 0.1) is 6.54 Å². The standard InChI is InChI=1S/C8H16FN5/c1-8(2,9)6-14-7(4-3-5-10)11-12-13-14/h3-6,10H2,1-2H3. The summed E-state index contributed by atoms with van der Waals surface area (Å²) in [5.41, 5.74) is 4.07. The van der Waals surface area contributed by atoms with Crippen molar-refractivity contribution in [1.29, 1.82) is 0 Å². The molecular weight excluding hydrogens is 185 g/mol. The molecule has 1 aromatic rings. The average molecular weight is 201 g/mol. The molecular formula is C8H16FN5. The first-order valence-corrected chi connectivity index (χ1v) is 4.67. The molecule has 0 aliphatic heterocycles. The van der Waals surface area contributed by atoms with Gasteiger partial charge in [-0.1, -0.05) is 0 Å². The van der Waals surface area contributed by atoms with Gasteiger partial charge in [-0.3, -0.25) is 0 Å². The van der Waals surface area contributed by atoms with Gasteiger partial charge in [0.25, 0.3) is 0 Å². The smallest absolute Gasteiger partial charge is 0.151 e.